The lowest BCUT2D eigenvalue weighted by Gasteiger charge is -2.28. The molecule has 2 aliphatic carbocycles. The van der Waals surface area contributed by atoms with Crippen LogP contribution in [0.4, 0.5) is 0 Å². The van der Waals surface area contributed by atoms with Crippen molar-refractivity contribution in [3.8, 4) is 6.07 Å². The van der Waals surface area contributed by atoms with Crippen molar-refractivity contribution in [1.29, 1.82) is 5.26 Å². The SMILES string of the molecule is CC1CCC(OCCC(C)(C#N)NC2CC2)CC1. The Labute approximate surface area is 111 Å². The summed E-state index contributed by atoms with van der Waals surface area (Å²) in [6, 6.07) is 2.98. The molecule has 0 heterocycles. The van der Waals surface area contributed by atoms with Crippen LogP contribution in [0.1, 0.15) is 58.8 Å². The molecule has 1 atom stereocenters. The molecule has 0 radical (unpaired) electrons. The molecule has 2 fully saturated rings. The third-order valence-electron chi connectivity index (χ3n) is 4.27. The van der Waals surface area contributed by atoms with Gasteiger partial charge in [-0.15, -0.1) is 0 Å². The maximum absolute atomic E-state index is 9.27. The Bertz CT molecular complexity index is 300. The van der Waals surface area contributed by atoms with Gasteiger partial charge in [-0.2, -0.15) is 5.26 Å². The van der Waals surface area contributed by atoms with Gasteiger partial charge in [0.2, 0.25) is 0 Å². The molecule has 2 rings (SSSR count). The zero-order valence-corrected chi connectivity index (χ0v) is 11.7. The molecule has 3 heteroatoms. The van der Waals surface area contributed by atoms with E-state index >= 15 is 0 Å². The second kappa shape index (κ2) is 6.04. The van der Waals surface area contributed by atoms with Crippen molar-refractivity contribution < 1.29 is 4.74 Å². The number of rotatable bonds is 6. The molecule has 0 aliphatic heterocycles. The van der Waals surface area contributed by atoms with Gasteiger partial charge >= 0.3 is 0 Å². The van der Waals surface area contributed by atoms with Crippen molar-refractivity contribution in [3.63, 3.8) is 0 Å². The molecule has 0 aromatic heterocycles. The Balaban J connectivity index is 1.65. The highest BCUT2D eigenvalue weighted by molar-refractivity contribution is 5.07. The minimum absolute atomic E-state index is 0.400. The highest BCUT2D eigenvalue weighted by atomic mass is 16.5. The van der Waals surface area contributed by atoms with E-state index in [1.165, 1.54) is 38.5 Å². The van der Waals surface area contributed by atoms with E-state index in [1.54, 1.807) is 0 Å². The molecule has 3 nitrogen and oxygen atoms in total. The summed E-state index contributed by atoms with van der Waals surface area (Å²) in [5.74, 6) is 0.866. The predicted octanol–water partition coefficient (Wildman–Crippen LogP) is 3.01. The van der Waals surface area contributed by atoms with E-state index < -0.39 is 5.54 Å². The normalized spacial score (nSPS) is 31.6. The quantitative estimate of drug-likeness (QED) is 0.788. The van der Waals surface area contributed by atoms with Gasteiger partial charge in [0.25, 0.3) is 0 Å². The van der Waals surface area contributed by atoms with E-state index in [9.17, 15) is 5.26 Å². The minimum Gasteiger partial charge on any atom is -0.378 e. The molecule has 0 spiro atoms. The van der Waals surface area contributed by atoms with Crippen LogP contribution in [0.3, 0.4) is 0 Å². The summed E-state index contributed by atoms with van der Waals surface area (Å²) in [5.41, 5.74) is -0.400. The Morgan fingerprint density at radius 2 is 1.89 bits per heavy atom. The average Bonchev–Trinajstić information content (AvgIpc) is 3.15. The average molecular weight is 250 g/mol. The lowest BCUT2D eigenvalue weighted by atomic mass is 9.89. The fourth-order valence-electron chi connectivity index (χ4n) is 2.66. The van der Waals surface area contributed by atoms with Crippen molar-refractivity contribution in [3.05, 3.63) is 0 Å². The van der Waals surface area contributed by atoms with Gasteiger partial charge in [-0.05, 0) is 51.4 Å². The van der Waals surface area contributed by atoms with Crippen LogP contribution < -0.4 is 5.32 Å². The molecule has 1 N–H and O–H groups in total. The number of nitrogens with zero attached hydrogens (tertiary/aromatic N) is 1. The molecule has 0 aromatic carbocycles. The molecule has 0 bridgehead atoms. The van der Waals surface area contributed by atoms with Crippen LogP contribution in [0.2, 0.25) is 0 Å². The summed E-state index contributed by atoms with van der Waals surface area (Å²) in [4.78, 5) is 0. The number of ether oxygens (including phenoxy) is 1. The minimum atomic E-state index is -0.400. The summed E-state index contributed by atoms with van der Waals surface area (Å²) in [6.45, 7) is 5.03. The van der Waals surface area contributed by atoms with Crippen LogP contribution in [0.25, 0.3) is 0 Å². The fourth-order valence-corrected chi connectivity index (χ4v) is 2.66. The van der Waals surface area contributed by atoms with Gasteiger partial charge in [-0.1, -0.05) is 6.92 Å². The van der Waals surface area contributed by atoms with Gasteiger partial charge < -0.3 is 4.74 Å². The monoisotopic (exact) mass is 250 g/mol. The summed E-state index contributed by atoms with van der Waals surface area (Å²) in [7, 11) is 0. The number of hydrogen-bond acceptors (Lipinski definition) is 3. The van der Waals surface area contributed by atoms with Crippen LogP contribution in [0, 0.1) is 17.2 Å². The van der Waals surface area contributed by atoms with Gasteiger partial charge in [-0.25, -0.2) is 0 Å². The van der Waals surface area contributed by atoms with Crippen molar-refractivity contribution in [2.24, 2.45) is 5.92 Å². The van der Waals surface area contributed by atoms with Crippen LogP contribution in [0.15, 0.2) is 0 Å². The van der Waals surface area contributed by atoms with Gasteiger partial charge in [0.1, 0.15) is 5.54 Å². The zero-order chi connectivity index (χ0) is 13.0. The number of hydrogen-bond donors (Lipinski definition) is 1. The summed E-state index contributed by atoms with van der Waals surface area (Å²) in [5, 5.41) is 12.7. The van der Waals surface area contributed by atoms with Crippen molar-refractivity contribution in [2.45, 2.75) is 76.5 Å². The molecule has 2 saturated carbocycles. The second-order valence-corrected chi connectivity index (χ2v) is 6.37. The lowest BCUT2D eigenvalue weighted by Crippen LogP contribution is -2.43. The Morgan fingerprint density at radius 3 is 2.44 bits per heavy atom. The van der Waals surface area contributed by atoms with Gasteiger partial charge in [0.15, 0.2) is 0 Å². The molecule has 0 aromatic rings. The third-order valence-corrected chi connectivity index (χ3v) is 4.27. The van der Waals surface area contributed by atoms with Crippen molar-refractivity contribution >= 4 is 0 Å². The highest BCUT2D eigenvalue weighted by Gasteiger charge is 2.32. The van der Waals surface area contributed by atoms with Gasteiger partial charge in [-0.3, -0.25) is 5.32 Å². The fraction of sp³-hybridized carbons (Fsp3) is 0.933. The molecule has 102 valence electrons. The first kappa shape index (κ1) is 13.8. The van der Waals surface area contributed by atoms with E-state index in [2.05, 4.69) is 18.3 Å². The third kappa shape index (κ3) is 4.26. The molecule has 2 aliphatic rings. The van der Waals surface area contributed by atoms with E-state index in [-0.39, 0.29) is 0 Å². The Kier molecular flexibility index (Phi) is 4.64. The van der Waals surface area contributed by atoms with E-state index in [0.29, 0.717) is 18.8 Å². The standard InChI is InChI=1S/C15H26N2O/c1-12-3-7-14(8-4-12)18-10-9-15(2,11-16)17-13-5-6-13/h12-14,17H,3-10H2,1-2H3. The van der Waals surface area contributed by atoms with Gasteiger partial charge in [0, 0.05) is 19.1 Å². The first-order valence-electron chi connectivity index (χ1n) is 7.42. The summed E-state index contributed by atoms with van der Waals surface area (Å²) < 4.78 is 5.94. The zero-order valence-electron chi connectivity index (χ0n) is 11.7. The molecule has 1 unspecified atom stereocenters. The number of nitriles is 1. The van der Waals surface area contributed by atoms with Crippen LogP contribution in [-0.4, -0.2) is 24.3 Å². The van der Waals surface area contributed by atoms with Crippen LogP contribution in [-0.2, 0) is 4.74 Å². The topological polar surface area (TPSA) is 45.0 Å². The van der Waals surface area contributed by atoms with E-state index in [0.717, 1.165) is 12.3 Å². The first-order chi connectivity index (χ1) is 8.61. The van der Waals surface area contributed by atoms with E-state index in [4.69, 9.17) is 4.74 Å². The predicted molar refractivity (Wildman–Crippen MR) is 72.2 cm³/mol. The Hall–Kier alpha value is -0.590. The maximum atomic E-state index is 9.27. The maximum Gasteiger partial charge on any atom is 0.106 e. The van der Waals surface area contributed by atoms with Crippen molar-refractivity contribution in [1.82, 2.24) is 5.32 Å². The number of nitrogens with one attached hydrogen (secondary N) is 1. The van der Waals surface area contributed by atoms with Crippen molar-refractivity contribution in [2.75, 3.05) is 6.61 Å². The van der Waals surface area contributed by atoms with E-state index in [1.807, 2.05) is 6.92 Å². The highest BCUT2D eigenvalue weighted by Crippen LogP contribution is 2.27. The largest absolute Gasteiger partial charge is 0.378 e. The smallest absolute Gasteiger partial charge is 0.106 e. The molecule has 0 saturated heterocycles. The molecular formula is C15H26N2O. The molecule has 18 heavy (non-hydrogen) atoms. The Morgan fingerprint density at radius 1 is 1.22 bits per heavy atom. The summed E-state index contributed by atoms with van der Waals surface area (Å²) >= 11 is 0. The second-order valence-electron chi connectivity index (χ2n) is 6.37. The lowest BCUT2D eigenvalue weighted by molar-refractivity contribution is 0.0128. The van der Waals surface area contributed by atoms with Crippen LogP contribution >= 0.6 is 0 Å². The summed E-state index contributed by atoms with van der Waals surface area (Å²) in [6.07, 6.45) is 8.65. The first-order valence-corrected chi connectivity index (χ1v) is 7.42. The van der Waals surface area contributed by atoms with Gasteiger partial charge in [0.05, 0.1) is 12.2 Å². The van der Waals surface area contributed by atoms with Crippen LogP contribution in [0.5, 0.6) is 0 Å². The molecular weight excluding hydrogens is 224 g/mol. The molecule has 0 amide bonds.